The maximum atomic E-state index is 14.0. The number of hydrogen-bond acceptors (Lipinski definition) is 3. The van der Waals surface area contributed by atoms with Crippen molar-refractivity contribution in [2.45, 2.75) is 44.6 Å². The molecule has 0 aliphatic heterocycles. The summed E-state index contributed by atoms with van der Waals surface area (Å²) in [6, 6.07) is 7.01. The number of aromatic nitrogens is 2. The predicted octanol–water partition coefficient (Wildman–Crippen LogP) is 4.19. The molecule has 1 aliphatic rings. The van der Waals surface area contributed by atoms with E-state index in [4.69, 9.17) is 0 Å². The summed E-state index contributed by atoms with van der Waals surface area (Å²) >= 11 is 1.52. The molecule has 2 heterocycles. The lowest BCUT2D eigenvalue weighted by molar-refractivity contribution is -0.121. The van der Waals surface area contributed by atoms with Crippen molar-refractivity contribution in [1.29, 1.82) is 0 Å². The second kappa shape index (κ2) is 6.96. The van der Waals surface area contributed by atoms with Gasteiger partial charge in [-0.15, -0.1) is 11.3 Å². The molecule has 4 rings (SSSR count). The summed E-state index contributed by atoms with van der Waals surface area (Å²) in [5, 5.41) is 5.14. The van der Waals surface area contributed by atoms with Gasteiger partial charge in [-0.3, -0.25) is 9.20 Å². The first-order valence-corrected chi connectivity index (χ1v) is 9.58. The molecule has 4 nitrogen and oxygen atoms in total. The minimum absolute atomic E-state index is 0.112. The molecule has 25 heavy (non-hydrogen) atoms. The highest BCUT2D eigenvalue weighted by atomic mass is 32.1. The van der Waals surface area contributed by atoms with Gasteiger partial charge in [0.25, 0.3) is 0 Å². The SMILES string of the molecule is O=C(CCc1csc2nc(-c3ccccc3F)cn12)NC1CCCC1. The van der Waals surface area contributed by atoms with Crippen molar-refractivity contribution < 1.29 is 9.18 Å². The van der Waals surface area contributed by atoms with Crippen molar-refractivity contribution in [2.24, 2.45) is 0 Å². The maximum absolute atomic E-state index is 14.0. The molecule has 1 aromatic carbocycles. The van der Waals surface area contributed by atoms with Gasteiger partial charge in [0.1, 0.15) is 5.82 Å². The number of carbonyl (C=O) groups excluding carboxylic acids is 1. The molecule has 1 fully saturated rings. The Bertz CT molecular complexity index is 895. The summed E-state index contributed by atoms with van der Waals surface area (Å²) in [5.41, 5.74) is 2.17. The van der Waals surface area contributed by atoms with Crippen LogP contribution in [0.3, 0.4) is 0 Å². The number of carbonyl (C=O) groups is 1. The van der Waals surface area contributed by atoms with Crippen LogP contribution < -0.4 is 5.32 Å². The fraction of sp³-hybridized carbons (Fsp3) is 0.368. The Labute approximate surface area is 149 Å². The summed E-state index contributed by atoms with van der Waals surface area (Å²) in [5.74, 6) is -0.161. The minimum atomic E-state index is -0.272. The Morgan fingerprint density at radius 3 is 2.92 bits per heavy atom. The number of nitrogens with one attached hydrogen (secondary N) is 1. The van der Waals surface area contributed by atoms with Crippen molar-refractivity contribution in [1.82, 2.24) is 14.7 Å². The largest absolute Gasteiger partial charge is 0.353 e. The highest BCUT2D eigenvalue weighted by molar-refractivity contribution is 7.15. The monoisotopic (exact) mass is 357 g/mol. The fourth-order valence-electron chi connectivity index (χ4n) is 3.42. The van der Waals surface area contributed by atoms with Crippen LogP contribution in [-0.2, 0) is 11.2 Å². The number of thiazole rings is 1. The number of imidazole rings is 1. The average molecular weight is 357 g/mol. The molecule has 130 valence electrons. The number of benzene rings is 1. The molecule has 1 amide bonds. The van der Waals surface area contributed by atoms with E-state index < -0.39 is 0 Å². The summed E-state index contributed by atoms with van der Waals surface area (Å²) < 4.78 is 15.9. The van der Waals surface area contributed by atoms with E-state index in [9.17, 15) is 9.18 Å². The van der Waals surface area contributed by atoms with Gasteiger partial charge >= 0.3 is 0 Å². The van der Waals surface area contributed by atoms with Crippen molar-refractivity contribution >= 4 is 22.2 Å². The predicted molar refractivity (Wildman–Crippen MR) is 97.2 cm³/mol. The number of rotatable bonds is 5. The number of nitrogens with zero attached hydrogens (tertiary/aromatic N) is 2. The Kier molecular flexibility index (Phi) is 4.53. The molecular formula is C19H20FN3OS. The molecule has 0 spiro atoms. The lowest BCUT2D eigenvalue weighted by atomic mass is 10.1. The Morgan fingerprint density at radius 1 is 1.32 bits per heavy atom. The van der Waals surface area contributed by atoms with Gasteiger partial charge in [0, 0.05) is 35.3 Å². The summed E-state index contributed by atoms with van der Waals surface area (Å²) in [6.45, 7) is 0. The van der Waals surface area contributed by atoms with Crippen LogP contribution in [0.15, 0.2) is 35.8 Å². The van der Waals surface area contributed by atoms with Crippen LogP contribution in [0.25, 0.3) is 16.2 Å². The molecule has 0 saturated heterocycles. The highest BCUT2D eigenvalue weighted by Gasteiger charge is 2.18. The van der Waals surface area contributed by atoms with E-state index in [2.05, 4.69) is 10.3 Å². The molecular weight excluding hydrogens is 337 g/mol. The van der Waals surface area contributed by atoms with E-state index in [1.807, 2.05) is 16.0 Å². The number of halogens is 1. The van der Waals surface area contributed by atoms with Gasteiger partial charge in [0.15, 0.2) is 4.96 Å². The average Bonchev–Trinajstić information content (AvgIpc) is 3.31. The van der Waals surface area contributed by atoms with E-state index >= 15 is 0 Å². The normalized spacial score (nSPS) is 15.1. The zero-order chi connectivity index (χ0) is 17.2. The number of amides is 1. The van der Waals surface area contributed by atoms with Crippen LogP contribution in [0.1, 0.15) is 37.8 Å². The zero-order valence-corrected chi connectivity index (χ0v) is 14.7. The van der Waals surface area contributed by atoms with Crippen molar-refractivity contribution in [3.63, 3.8) is 0 Å². The third kappa shape index (κ3) is 3.44. The fourth-order valence-corrected chi connectivity index (χ4v) is 4.33. The molecule has 0 unspecified atom stereocenters. The van der Waals surface area contributed by atoms with Gasteiger partial charge < -0.3 is 5.32 Å². The van der Waals surface area contributed by atoms with E-state index in [-0.39, 0.29) is 11.7 Å². The van der Waals surface area contributed by atoms with E-state index in [0.717, 1.165) is 23.5 Å². The van der Waals surface area contributed by atoms with Crippen LogP contribution in [-0.4, -0.2) is 21.3 Å². The second-order valence-corrected chi connectivity index (χ2v) is 7.37. The number of fused-ring (bicyclic) bond motifs is 1. The van der Waals surface area contributed by atoms with Crippen LogP contribution in [0.4, 0.5) is 4.39 Å². The minimum Gasteiger partial charge on any atom is -0.353 e. The topological polar surface area (TPSA) is 46.4 Å². The van der Waals surface area contributed by atoms with Crippen LogP contribution in [0.2, 0.25) is 0 Å². The van der Waals surface area contributed by atoms with Crippen LogP contribution in [0.5, 0.6) is 0 Å². The first-order valence-electron chi connectivity index (χ1n) is 8.70. The molecule has 2 aromatic heterocycles. The van der Waals surface area contributed by atoms with Gasteiger partial charge in [0.05, 0.1) is 5.69 Å². The third-order valence-electron chi connectivity index (χ3n) is 4.76. The van der Waals surface area contributed by atoms with Gasteiger partial charge in [-0.2, -0.15) is 0 Å². The van der Waals surface area contributed by atoms with Gasteiger partial charge in [-0.25, -0.2) is 9.37 Å². The molecule has 0 atom stereocenters. The molecule has 1 saturated carbocycles. The molecule has 6 heteroatoms. The first-order chi connectivity index (χ1) is 12.2. The standard InChI is InChI=1S/C19H20FN3OS/c20-16-8-4-3-7-15(16)17-11-23-14(12-25-19(23)22-17)9-10-18(24)21-13-5-1-2-6-13/h3-4,7-8,11-13H,1-2,5-6,9-10H2,(H,21,24). The summed E-state index contributed by atoms with van der Waals surface area (Å²) in [7, 11) is 0. The molecule has 1 N–H and O–H groups in total. The van der Waals surface area contributed by atoms with Gasteiger partial charge in [0.2, 0.25) is 5.91 Å². The quantitative estimate of drug-likeness (QED) is 0.744. The summed E-state index contributed by atoms with van der Waals surface area (Å²) in [4.78, 5) is 17.5. The van der Waals surface area contributed by atoms with E-state index in [0.29, 0.717) is 30.1 Å². The lowest BCUT2D eigenvalue weighted by Crippen LogP contribution is -2.32. The molecule has 1 aliphatic carbocycles. The Morgan fingerprint density at radius 2 is 2.12 bits per heavy atom. The summed E-state index contributed by atoms with van der Waals surface area (Å²) in [6.07, 6.45) is 7.60. The number of hydrogen-bond donors (Lipinski definition) is 1. The Hall–Kier alpha value is -2.21. The maximum Gasteiger partial charge on any atom is 0.220 e. The van der Waals surface area contributed by atoms with Gasteiger partial charge in [-0.05, 0) is 31.4 Å². The molecule has 3 aromatic rings. The Balaban J connectivity index is 1.47. The molecule has 0 radical (unpaired) electrons. The highest BCUT2D eigenvalue weighted by Crippen LogP contribution is 2.26. The molecule has 0 bridgehead atoms. The smallest absolute Gasteiger partial charge is 0.220 e. The van der Waals surface area contributed by atoms with Crippen LogP contribution in [0, 0.1) is 5.82 Å². The van der Waals surface area contributed by atoms with Gasteiger partial charge in [-0.1, -0.05) is 25.0 Å². The second-order valence-electron chi connectivity index (χ2n) is 6.53. The van der Waals surface area contributed by atoms with E-state index in [1.54, 1.807) is 18.2 Å². The van der Waals surface area contributed by atoms with Crippen LogP contribution >= 0.6 is 11.3 Å². The number of aryl methyl sites for hydroxylation is 1. The van der Waals surface area contributed by atoms with Crippen molar-refractivity contribution in [2.75, 3.05) is 0 Å². The van der Waals surface area contributed by atoms with E-state index in [1.165, 1.54) is 30.2 Å². The first kappa shape index (κ1) is 16.3. The van der Waals surface area contributed by atoms with Crippen molar-refractivity contribution in [3.05, 3.63) is 47.4 Å². The van der Waals surface area contributed by atoms with Crippen molar-refractivity contribution in [3.8, 4) is 11.3 Å². The third-order valence-corrected chi connectivity index (χ3v) is 5.65. The lowest BCUT2D eigenvalue weighted by Gasteiger charge is -2.11. The zero-order valence-electron chi connectivity index (χ0n) is 13.9.